The lowest BCUT2D eigenvalue weighted by molar-refractivity contribution is -0.137. The molecule has 0 radical (unpaired) electrons. The summed E-state index contributed by atoms with van der Waals surface area (Å²) in [4.78, 5) is 4.45. The zero-order valence-corrected chi connectivity index (χ0v) is 17.7. The highest BCUT2D eigenvalue weighted by atomic mass is 32.2. The van der Waals surface area contributed by atoms with Gasteiger partial charge in [0.25, 0.3) is 0 Å². The van der Waals surface area contributed by atoms with Crippen LogP contribution in [0.4, 0.5) is 24.5 Å². The zero-order valence-electron chi connectivity index (χ0n) is 16.9. The second-order valence-corrected chi connectivity index (χ2v) is 9.59. The van der Waals surface area contributed by atoms with Crippen LogP contribution in [-0.2, 0) is 16.2 Å². The molecule has 2 heterocycles. The van der Waals surface area contributed by atoms with Crippen LogP contribution in [0.3, 0.4) is 0 Å². The fourth-order valence-electron chi connectivity index (χ4n) is 3.76. The second-order valence-electron chi connectivity index (χ2n) is 7.66. The first-order valence-corrected chi connectivity index (χ1v) is 11.4. The van der Waals surface area contributed by atoms with Gasteiger partial charge in [-0.1, -0.05) is 12.5 Å². The zero-order chi connectivity index (χ0) is 22.2. The number of rotatable bonds is 4. The minimum absolute atomic E-state index is 0.227. The van der Waals surface area contributed by atoms with Crippen molar-refractivity contribution in [2.75, 3.05) is 18.4 Å². The van der Waals surface area contributed by atoms with E-state index < -0.39 is 21.8 Å². The van der Waals surface area contributed by atoms with Gasteiger partial charge in [-0.2, -0.15) is 17.5 Å². The van der Waals surface area contributed by atoms with Crippen molar-refractivity contribution in [3.05, 3.63) is 59.8 Å². The van der Waals surface area contributed by atoms with E-state index in [0.29, 0.717) is 35.5 Å². The number of anilines is 2. The number of aromatic nitrogens is 1. The summed E-state index contributed by atoms with van der Waals surface area (Å²) in [6.07, 6.45) is -1.67. The number of sulfonamides is 1. The SMILES string of the molecule is Cc1cc(Nc2ccc(S(=O)(=O)N3CCCCC3)cc2)c2ccc(C(F)(F)F)cc2n1. The van der Waals surface area contributed by atoms with Gasteiger partial charge in [0, 0.05) is 35.5 Å². The normalized spacial score (nSPS) is 15.9. The number of fused-ring (bicyclic) bond motifs is 1. The molecule has 164 valence electrons. The van der Waals surface area contributed by atoms with E-state index in [0.717, 1.165) is 31.4 Å². The molecule has 1 aliphatic rings. The third-order valence-electron chi connectivity index (χ3n) is 5.35. The molecule has 0 bridgehead atoms. The average molecular weight is 449 g/mol. The largest absolute Gasteiger partial charge is 0.416 e. The van der Waals surface area contributed by atoms with E-state index in [1.807, 2.05) is 0 Å². The van der Waals surface area contributed by atoms with Crippen LogP contribution in [0.15, 0.2) is 53.4 Å². The number of pyridine rings is 1. The summed E-state index contributed by atoms with van der Waals surface area (Å²) in [6.45, 7) is 2.77. The number of nitrogens with zero attached hydrogens (tertiary/aromatic N) is 2. The summed E-state index contributed by atoms with van der Waals surface area (Å²) in [5.74, 6) is 0. The van der Waals surface area contributed by atoms with E-state index in [4.69, 9.17) is 0 Å². The van der Waals surface area contributed by atoms with Gasteiger partial charge in [0.1, 0.15) is 0 Å². The predicted octanol–water partition coefficient (Wildman–Crippen LogP) is 5.48. The summed E-state index contributed by atoms with van der Waals surface area (Å²) >= 11 is 0. The Morgan fingerprint density at radius 2 is 1.65 bits per heavy atom. The lowest BCUT2D eigenvalue weighted by Crippen LogP contribution is -2.35. The maximum atomic E-state index is 13.0. The molecule has 1 aliphatic heterocycles. The third-order valence-corrected chi connectivity index (χ3v) is 7.26. The van der Waals surface area contributed by atoms with Gasteiger partial charge in [0.05, 0.1) is 16.0 Å². The number of hydrogen-bond donors (Lipinski definition) is 1. The third kappa shape index (κ3) is 4.52. The Morgan fingerprint density at radius 3 is 2.29 bits per heavy atom. The molecule has 1 aromatic heterocycles. The minimum atomic E-state index is -4.44. The number of halogens is 3. The highest BCUT2D eigenvalue weighted by Gasteiger charge is 2.31. The molecule has 0 saturated carbocycles. The Morgan fingerprint density at radius 1 is 0.968 bits per heavy atom. The molecule has 5 nitrogen and oxygen atoms in total. The van der Waals surface area contributed by atoms with E-state index >= 15 is 0 Å². The first-order chi connectivity index (χ1) is 14.6. The Kier molecular flexibility index (Phi) is 5.65. The molecule has 0 unspecified atom stereocenters. The smallest absolute Gasteiger partial charge is 0.355 e. The monoisotopic (exact) mass is 449 g/mol. The van der Waals surface area contributed by atoms with Gasteiger partial charge in [0.2, 0.25) is 10.0 Å². The quantitative estimate of drug-likeness (QED) is 0.573. The van der Waals surface area contributed by atoms with Crippen LogP contribution >= 0.6 is 0 Å². The number of aryl methyl sites for hydroxylation is 1. The molecule has 0 atom stereocenters. The topological polar surface area (TPSA) is 62.3 Å². The van der Waals surface area contributed by atoms with Gasteiger partial charge in [0.15, 0.2) is 0 Å². The Bertz CT molecular complexity index is 1200. The van der Waals surface area contributed by atoms with E-state index in [1.165, 1.54) is 10.4 Å². The Hall–Kier alpha value is -2.65. The van der Waals surface area contributed by atoms with Crippen molar-refractivity contribution in [1.29, 1.82) is 0 Å². The van der Waals surface area contributed by atoms with Crippen molar-refractivity contribution in [1.82, 2.24) is 9.29 Å². The van der Waals surface area contributed by atoms with Crippen molar-refractivity contribution in [3.8, 4) is 0 Å². The lowest BCUT2D eigenvalue weighted by Gasteiger charge is -2.25. The van der Waals surface area contributed by atoms with E-state index in [1.54, 1.807) is 37.3 Å². The lowest BCUT2D eigenvalue weighted by atomic mass is 10.1. The van der Waals surface area contributed by atoms with E-state index in [-0.39, 0.29) is 10.4 Å². The van der Waals surface area contributed by atoms with Crippen molar-refractivity contribution in [2.45, 2.75) is 37.3 Å². The van der Waals surface area contributed by atoms with Gasteiger partial charge < -0.3 is 5.32 Å². The van der Waals surface area contributed by atoms with Gasteiger partial charge in [-0.25, -0.2) is 8.42 Å². The van der Waals surface area contributed by atoms with Crippen molar-refractivity contribution >= 4 is 32.3 Å². The standard InChI is InChI=1S/C22H22F3N3O2S/c1-15-13-20(19-10-5-16(22(23,24)25)14-21(19)26-15)27-17-6-8-18(9-7-17)31(29,30)28-11-3-2-4-12-28/h5-10,13-14H,2-4,11-12H2,1H3,(H,26,27). The summed E-state index contributed by atoms with van der Waals surface area (Å²) in [7, 11) is -3.52. The van der Waals surface area contributed by atoms with Crippen LogP contribution in [0.25, 0.3) is 10.9 Å². The van der Waals surface area contributed by atoms with Crippen LogP contribution < -0.4 is 5.32 Å². The summed E-state index contributed by atoms with van der Waals surface area (Å²) in [5, 5.41) is 3.72. The van der Waals surface area contributed by atoms with Crippen LogP contribution in [0.5, 0.6) is 0 Å². The maximum absolute atomic E-state index is 13.0. The minimum Gasteiger partial charge on any atom is -0.355 e. The summed E-state index contributed by atoms with van der Waals surface area (Å²) in [5.41, 5.74) is 1.28. The highest BCUT2D eigenvalue weighted by molar-refractivity contribution is 7.89. The van der Waals surface area contributed by atoms with Crippen LogP contribution in [0.1, 0.15) is 30.5 Å². The molecule has 0 amide bonds. The van der Waals surface area contributed by atoms with Gasteiger partial charge in [-0.15, -0.1) is 0 Å². The van der Waals surface area contributed by atoms with E-state index in [9.17, 15) is 21.6 Å². The predicted molar refractivity (Wildman–Crippen MR) is 114 cm³/mol. The molecule has 9 heteroatoms. The first kappa shape index (κ1) is 21.6. The Balaban J connectivity index is 1.62. The van der Waals surface area contributed by atoms with Gasteiger partial charge >= 0.3 is 6.18 Å². The number of nitrogens with one attached hydrogen (secondary N) is 1. The van der Waals surface area contributed by atoms with Crippen molar-refractivity contribution in [3.63, 3.8) is 0 Å². The number of hydrogen-bond acceptors (Lipinski definition) is 4. The van der Waals surface area contributed by atoms with Gasteiger partial charge in [-0.05, 0) is 62.2 Å². The fraction of sp³-hybridized carbons (Fsp3) is 0.318. The van der Waals surface area contributed by atoms with Gasteiger partial charge in [-0.3, -0.25) is 4.98 Å². The molecular weight excluding hydrogens is 427 g/mol. The molecule has 0 spiro atoms. The number of piperidine rings is 1. The average Bonchev–Trinajstić information content (AvgIpc) is 2.73. The highest BCUT2D eigenvalue weighted by Crippen LogP contribution is 2.34. The molecule has 1 saturated heterocycles. The number of benzene rings is 2. The van der Waals surface area contributed by atoms with E-state index in [2.05, 4.69) is 10.3 Å². The van der Waals surface area contributed by atoms with Crippen molar-refractivity contribution in [2.24, 2.45) is 0 Å². The number of alkyl halides is 3. The summed E-state index contributed by atoms with van der Waals surface area (Å²) < 4.78 is 66.2. The fourth-order valence-corrected chi connectivity index (χ4v) is 5.28. The maximum Gasteiger partial charge on any atom is 0.416 e. The Labute approximate surface area is 179 Å². The molecular formula is C22H22F3N3O2S. The van der Waals surface area contributed by atoms with Crippen molar-refractivity contribution < 1.29 is 21.6 Å². The molecule has 1 N–H and O–H groups in total. The van der Waals surface area contributed by atoms with Crippen LogP contribution in [-0.4, -0.2) is 30.8 Å². The molecule has 3 aromatic rings. The molecule has 2 aromatic carbocycles. The summed E-state index contributed by atoms with van der Waals surface area (Å²) in [6, 6.07) is 11.6. The second kappa shape index (κ2) is 8.12. The molecule has 1 fully saturated rings. The van der Waals surface area contributed by atoms with Crippen LogP contribution in [0, 0.1) is 6.92 Å². The molecule has 0 aliphatic carbocycles. The molecule has 4 rings (SSSR count). The molecule has 31 heavy (non-hydrogen) atoms. The first-order valence-electron chi connectivity index (χ1n) is 10.0. The van der Waals surface area contributed by atoms with Crippen LogP contribution in [0.2, 0.25) is 0 Å².